The highest BCUT2D eigenvalue weighted by atomic mass is 16.5. The monoisotopic (exact) mass is 329 g/mol. The summed E-state index contributed by atoms with van der Waals surface area (Å²) in [6, 6.07) is 8.75. The number of rotatable bonds is 3. The number of hydrogen-bond donors (Lipinski definition) is 2. The van der Waals surface area contributed by atoms with Crippen LogP contribution in [0.4, 0.5) is 16.3 Å². The predicted molar refractivity (Wildman–Crippen MR) is 89.5 cm³/mol. The van der Waals surface area contributed by atoms with Gasteiger partial charge in [-0.2, -0.15) is 4.98 Å². The Morgan fingerprint density at radius 2 is 2.04 bits per heavy atom. The van der Waals surface area contributed by atoms with E-state index in [0.29, 0.717) is 32.0 Å². The maximum Gasteiger partial charge on any atom is 0.323 e. The average molecular weight is 329 g/mol. The number of hydrogen-bond acceptors (Lipinski definition) is 6. The quantitative estimate of drug-likeness (QED) is 0.888. The Balaban J connectivity index is 1.57. The summed E-state index contributed by atoms with van der Waals surface area (Å²) in [4.78, 5) is 24.2. The topological polar surface area (TPSA) is 90.8 Å². The van der Waals surface area contributed by atoms with Crippen molar-refractivity contribution < 1.29 is 14.6 Å². The normalized spacial score (nSPS) is 14.4. The summed E-state index contributed by atoms with van der Waals surface area (Å²) >= 11 is 0. The summed E-state index contributed by atoms with van der Waals surface area (Å²) in [6.07, 6.45) is 1.53. The van der Waals surface area contributed by atoms with E-state index in [1.807, 2.05) is 12.1 Å². The lowest BCUT2D eigenvalue weighted by molar-refractivity contribution is 0.208. The summed E-state index contributed by atoms with van der Waals surface area (Å²) in [5, 5.41) is 12.3. The van der Waals surface area contributed by atoms with Gasteiger partial charge in [-0.25, -0.2) is 9.78 Å². The molecule has 1 aromatic carbocycles. The molecule has 0 spiro atoms. The second-order valence-corrected chi connectivity index (χ2v) is 5.35. The molecule has 24 heavy (non-hydrogen) atoms. The second-order valence-electron chi connectivity index (χ2n) is 5.35. The van der Waals surface area contributed by atoms with Gasteiger partial charge in [0, 0.05) is 44.1 Å². The van der Waals surface area contributed by atoms with Crippen LogP contribution in [0.25, 0.3) is 0 Å². The van der Waals surface area contributed by atoms with Crippen LogP contribution in [-0.2, 0) is 0 Å². The Kier molecular flexibility index (Phi) is 4.64. The number of aromatic hydroxyl groups is 1. The fourth-order valence-corrected chi connectivity index (χ4v) is 2.55. The van der Waals surface area contributed by atoms with Crippen molar-refractivity contribution in [2.45, 2.75) is 0 Å². The second kappa shape index (κ2) is 7.03. The zero-order chi connectivity index (χ0) is 16.9. The molecule has 1 aliphatic rings. The lowest BCUT2D eigenvalue weighted by atomic mass is 10.2. The fraction of sp³-hybridized carbons (Fsp3) is 0.312. The van der Waals surface area contributed by atoms with Crippen molar-refractivity contribution in [1.82, 2.24) is 14.9 Å². The lowest BCUT2D eigenvalue weighted by Gasteiger charge is -2.36. The van der Waals surface area contributed by atoms with Gasteiger partial charge < -0.3 is 19.6 Å². The zero-order valence-corrected chi connectivity index (χ0v) is 13.3. The Bertz CT molecular complexity index is 716. The Morgan fingerprint density at radius 3 is 2.75 bits per heavy atom. The molecule has 1 fully saturated rings. The van der Waals surface area contributed by atoms with Gasteiger partial charge in [-0.1, -0.05) is 6.07 Å². The van der Waals surface area contributed by atoms with Crippen LogP contribution in [0.15, 0.2) is 36.5 Å². The molecule has 2 amide bonds. The third kappa shape index (κ3) is 3.65. The molecule has 126 valence electrons. The SMILES string of the molecule is COc1nccc(NC(=O)N2CCN(c3cccc(O)c3)CC2)n1. The van der Waals surface area contributed by atoms with Crippen LogP contribution in [0.5, 0.6) is 11.8 Å². The van der Waals surface area contributed by atoms with Crippen molar-refractivity contribution >= 4 is 17.5 Å². The molecule has 0 radical (unpaired) electrons. The number of benzene rings is 1. The van der Waals surface area contributed by atoms with Gasteiger partial charge in [0.15, 0.2) is 0 Å². The molecule has 2 heterocycles. The minimum atomic E-state index is -0.202. The molecule has 2 aromatic rings. The number of aromatic nitrogens is 2. The summed E-state index contributed by atoms with van der Waals surface area (Å²) in [5.74, 6) is 0.646. The molecule has 0 atom stereocenters. The first-order valence-corrected chi connectivity index (χ1v) is 7.62. The summed E-state index contributed by atoms with van der Waals surface area (Å²) in [5.41, 5.74) is 0.954. The van der Waals surface area contributed by atoms with Crippen molar-refractivity contribution in [2.75, 3.05) is 43.5 Å². The lowest BCUT2D eigenvalue weighted by Crippen LogP contribution is -2.50. The molecule has 8 heteroatoms. The molecule has 0 bridgehead atoms. The predicted octanol–water partition coefficient (Wildman–Crippen LogP) is 1.54. The number of nitrogens with one attached hydrogen (secondary N) is 1. The van der Waals surface area contributed by atoms with Crippen LogP contribution in [0.3, 0.4) is 0 Å². The third-order valence-corrected chi connectivity index (χ3v) is 3.81. The highest BCUT2D eigenvalue weighted by molar-refractivity contribution is 5.88. The molecule has 1 aliphatic heterocycles. The van der Waals surface area contributed by atoms with Gasteiger partial charge in [0.25, 0.3) is 0 Å². The average Bonchev–Trinajstić information content (AvgIpc) is 2.62. The van der Waals surface area contributed by atoms with Gasteiger partial charge in [-0.3, -0.25) is 5.32 Å². The molecule has 1 saturated heterocycles. The molecule has 8 nitrogen and oxygen atoms in total. The fourth-order valence-electron chi connectivity index (χ4n) is 2.55. The molecule has 2 N–H and O–H groups in total. The molecular weight excluding hydrogens is 310 g/mol. The largest absolute Gasteiger partial charge is 0.508 e. The van der Waals surface area contributed by atoms with E-state index in [-0.39, 0.29) is 17.8 Å². The van der Waals surface area contributed by atoms with Gasteiger partial charge in [0.2, 0.25) is 0 Å². The van der Waals surface area contributed by atoms with Crippen molar-refractivity contribution in [1.29, 1.82) is 0 Å². The van der Waals surface area contributed by atoms with E-state index in [1.54, 1.807) is 23.1 Å². The van der Waals surface area contributed by atoms with Crippen LogP contribution in [0.1, 0.15) is 0 Å². The number of nitrogens with zero attached hydrogens (tertiary/aromatic N) is 4. The third-order valence-electron chi connectivity index (χ3n) is 3.81. The number of carbonyl (C=O) groups excluding carboxylic acids is 1. The van der Waals surface area contributed by atoms with Crippen LogP contribution in [0, 0.1) is 0 Å². The van der Waals surface area contributed by atoms with E-state index in [1.165, 1.54) is 13.3 Å². The Hall–Kier alpha value is -3.03. The molecule has 0 unspecified atom stereocenters. The van der Waals surface area contributed by atoms with Gasteiger partial charge in [0.1, 0.15) is 11.6 Å². The molecule has 1 aromatic heterocycles. The number of urea groups is 1. The van der Waals surface area contributed by atoms with Gasteiger partial charge in [0.05, 0.1) is 7.11 Å². The number of amides is 2. The number of phenols is 1. The van der Waals surface area contributed by atoms with Crippen LogP contribution in [-0.4, -0.2) is 59.3 Å². The van der Waals surface area contributed by atoms with Crippen LogP contribution in [0.2, 0.25) is 0 Å². The van der Waals surface area contributed by atoms with Gasteiger partial charge in [-0.15, -0.1) is 0 Å². The van der Waals surface area contributed by atoms with E-state index >= 15 is 0 Å². The van der Waals surface area contributed by atoms with E-state index in [4.69, 9.17) is 4.74 Å². The Morgan fingerprint density at radius 1 is 1.25 bits per heavy atom. The Labute approximate surface area is 139 Å². The summed E-state index contributed by atoms with van der Waals surface area (Å²) in [7, 11) is 1.47. The van der Waals surface area contributed by atoms with Crippen molar-refractivity contribution in [3.63, 3.8) is 0 Å². The molecular formula is C16H19N5O3. The number of phenolic OH excluding ortho intramolecular Hbond substituents is 1. The minimum absolute atomic E-state index is 0.202. The van der Waals surface area contributed by atoms with E-state index < -0.39 is 0 Å². The number of piperazine rings is 1. The van der Waals surface area contributed by atoms with E-state index in [0.717, 1.165) is 5.69 Å². The number of carbonyl (C=O) groups is 1. The van der Waals surface area contributed by atoms with E-state index in [2.05, 4.69) is 20.2 Å². The number of methoxy groups -OCH3 is 1. The zero-order valence-electron chi connectivity index (χ0n) is 13.3. The van der Waals surface area contributed by atoms with Crippen molar-refractivity contribution in [2.24, 2.45) is 0 Å². The first kappa shape index (κ1) is 15.9. The van der Waals surface area contributed by atoms with Crippen LogP contribution >= 0.6 is 0 Å². The number of ether oxygens (including phenoxy) is 1. The smallest absolute Gasteiger partial charge is 0.323 e. The highest BCUT2D eigenvalue weighted by Gasteiger charge is 2.21. The molecule has 0 saturated carbocycles. The number of anilines is 2. The maximum absolute atomic E-state index is 12.3. The van der Waals surface area contributed by atoms with Gasteiger partial charge in [-0.05, 0) is 18.2 Å². The summed E-state index contributed by atoms with van der Waals surface area (Å²) < 4.78 is 4.94. The first-order chi connectivity index (χ1) is 11.7. The highest BCUT2D eigenvalue weighted by Crippen LogP contribution is 2.21. The standard InChI is InChI=1S/C16H19N5O3/c1-24-15-17-6-5-14(18-15)19-16(23)21-9-7-20(8-10-21)12-3-2-4-13(22)11-12/h2-6,11,22H,7-10H2,1H3,(H,17,18,19,23). The molecule has 0 aliphatic carbocycles. The van der Waals surface area contributed by atoms with Crippen molar-refractivity contribution in [3.8, 4) is 11.8 Å². The first-order valence-electron chi connectivity index (χ1n) is 7.62. The molecule has 3 rings (SSSR count). The van der Waals surface area contributed by atoms with E-state index in [9.17, 15) is 9.90 Å². The van der Waals surface area contributed by atoms with Gasteiger partial charge >= 0.3 is 12.0 Å². The maximum atomic E-state index is 12.3. The van der Waals surface area contributed by atoms with Crippen molar-refractivity contribution in [3.05, 3.63) is 36.5 Å². The minimum Gasteiger partial charge on any atom is -0.508 e. The summed E-state index contributed by atoms with van der Waals surface area (Å²) in [6.45, 7) is 2.57. The van der Waals surface area contributed by atoms with Crippen LogP contribution < -0.4 is 15.0 Å².